The number of nitrogens with two attached hydrogens (primary N) is 9. The van der Waals surface area contributed by atoms with Gasteiger partial charge in [-0.25, -0.2) is 0 Å². The van der Waals surface area contributed by atoms with E-state index in [9.17, 15) is 86.9 Å². The van der Waals surface area contributed by atoms with Crippen LogP contribution < -0.4 is 121 Å². The topological polar surface area (TPSA) is 754 Å². The second-order valence-corrected chi connectivity index (χ2v) is 31.3. The number of guanidine groups is 4. The Hall–Kier alpha value is -10.2. The van der Waals surface area contributed by atoms with Gasteiger partial charge in [-0.3, -0.25) is 96.7 Å². The zero-order valence-corrected chi connectivity index (χ0v) is 74.9. The fraction of sp³-hybridized carbons (Fsp3) is 0.726. The first kappa shape index (κ1) is 119. The van der Waals surface area contributed by atoms with Crippen molar-refractivity contribution in [2.45, 2.75) is 278 Å². The van der Waals surface area contributed by atoms with Crippen LogP contribution in [0.5, 0.6) is 0 Å². The molecule has 44 nitrogen and oxygen atoms in total. The Morgan fingerprint density at radius 1 is 0.248 bits per heavy atom. The molecule has 0 rings (SSSR count). The number of amides is 14. The summed E-state index contributed by atoms with van der Waals surface area (Å²) in [5, 5.41) is 53.1. The highest BCUT2D eigenvalue weighted by Gasteiger charge is 2.39. The molecule has 48 heteroatoms. The summed E-state index contributed by atoms with van der Waals surface area (Å²) in [5.41, 5.74) is 49.5. The van der Waals surface area contributed by atoms with E-state index in [1.54, 1.807) is 83.1 Å². The van der Waals surface area contributed by atoms with E-state index in [2.05, 4.69) is 89.1 Å². The van der Waals surface area contributed by atoms with Crippen LogP contribution in [0.2, 0.25) is 0 Å². The Bertz CT molecular complexity index is 3450. The van der Waals surface area contributed by atoms with Gasteiger partial charge in [-0.05, 0) is 132 Å². The molecule has 0 bridgehead atoms. The van der Waals surface area contributed by atoms with Crippen LogP contribution in [0.25, 0.3) is 0 Å². The van der Waals surface area contributed by atoms with Crippen LogP contribution in [-0.4, -0.2) is 233 Å². The summed E-state index contributed by atoms with van der Waals surface area (Å²) in [6.45, 7) is 23.2. The zero-order chi connectivity index (χ0) is 89.7. The van der Waals surface area contributed by atoms with E-state index in [0.29, 0.717) is 0 Å². The smallest absolute Gasteiger partial charge is 0.305 e. The molecule has 0 spiro atoms. The van der Waals surface area contributed by atoms with Crippen molar-refractivity contribution in [2.24, 2.45) is 107 Å². The number of hydrogen-bond acceptors (Lipinski definition) is 20. The number of carboxylic acid groups (broad SMARTS) is 2. The summed E-state index contributed by atoms with van der Waals surface area (Å²) in [5.74, 6) is -18.9. The molecule has 0 aromatic heterocycles. The molecule has 0 heterocycles. The van der Waals surface area contributed by atoms with Crippen LogP contribution in [0.15, 0.2) is 20.0 Å². The van der Waals surface area contributed by atoms with Gasteiger partial charge in [0.1, 0.15) is 78.5 Å². The van der Waals surface area contributed by atoms with Crippen molar-refractivity contribution in [1.29, 1.82) is 0 Å². The summed E-state index contributed by atoms with van der Waals surface area (Å²) < 4.78 is 0. The maximum Gasteiger partial charge on any atom is 0.305 e. The molecule has 0 saturated heterocycles. The molecule has 0 radical (unpaired) electrons. The lowest BCUT2D eigenvalue weighted by molar-refractivity contribution is -0.142. The van der Waals surface area contributed by atoms with Gasteiger partial charge in [0.15, 0.2) is 23.8 Å². The summed E-state index contributed by atoms with van der Waals surface area (Å²) >= 11 is 0. The minimum absolute atomic E-state index is 0. The molecule has 0 aromatic rings. The normalized spacial score (nSPS) is 14.0. The maximum absolute atomic E-state index is 14.6. The summed E-state index contributed by atoms with van der Waals surface area (Å²) in [6, 6.07) is -19.2. The van der Waals surface area contributed by atoms with Crippen molar-refractivity contribution in [2.75, 3.05) is 26.2 Å². The third-order valence-corrected chi connectivity index (χ3v) is 17.2. The number of carboxylic acids is 2. The van der Waals surface area contributed by atoms with E-state index in [1.165, 1.54) is 13.8 Å². The molecule has 13 atom stereocenters. The van der Waals surface area contributed by atoms with Crippen LogP contribution in [0.3, 0.4) is 0 Å². The Kier molecular flexibility index (Phi) is 61.9. The Morgan fingerprint density at radius 3 is 0.628 bits per heavy atom. The van der Waals surface area contributed by atoms with Gasteiger partial charge < -0.3 is 131 Å². The Morgan fingerprint density at radius 2 is 0.421 bits per heavy atom. The number of carbonyl (C=O) groups excluding carboxylic acids is 14. The van der Waals surface area contributed by atoms with Gasteiger partial charge in [0.05, 0.1) is 12.8 Å². The number of primary amides is 1. The van der Waals surface area contributed by atoms with E-state index in [-0.39, 0.29) is 225 Å². The fourth-order valence-electron chi connectivity index (χ4n) is 11.7. The van der Waals surface area contributed by atoms with E-state index in [4.69, 9.17) is 51.6 Å². The molecule has 0 aliphatic carbocycles. The SMILES string of the molecule is CC(=O)N[C@@H](CCCN=C(N)N)C(=O)N[C@@H](CC(C)C)C(=O)N[C@@H](CC(=O)O)C(=O)N[C@@H](CC(C)C)C(=O)N[C@@H](CCCN=C(N)N)C(=O)N[C@@H](CC(C)C)C(=O)N[C@@H](C)C(=O)N[C@@H](CC(C)C)C(=O)N[C@@H](CCCN=C(N)N)C(=O)N[C@@H](CC(C)C)C(=O)N[C@@H](CC(=O)O)C(=O)N[C@@H](CC(C)C)C(=O)N[C@@H](CCCN=C(N)N)C(N)=O.Cl.Cl.Cl.Cl. The molecule has 0 unspecified atom stereocenters. The predicted octanol–water partition coefficient (Wildman–Crippen LogP) is -4.06. The summed E-state index contributed by atoms with van der Waals surface area (Å²) in [4.78, 5) is 236. The van der Waals surface area contributed by atoms with E-state index in [0.717, 1.165) is 0 Å². The van der Waals surface area contributed by atoms with Gasteiger partial charge in [-0.2, -0.15) is 0 Å². The monoisotopic (exact) mass is 1810 g/mol. The van der Waals surface area contributed by atoms with Crippen molar-refractivity contribution in [3.63, 3.8) is 0 Å². The predicted molar refractivity (Wildman–Crippen MR) is 466 cm³/mol. The first-order valence-electron chi connectivity index (χ1n) is 39.3. The van der Waals surface area contributed by atoms with Crippen LogP contribution >= 0.6 is 49.6 Å². The van der Waals surface area contributed by atoms with Crippen molar-refractivity contribution < 1.29 is 86.9 Å². The van der Waals surface area contributed by atoms with Gasteiger partial charge in [0, 0.05) is 33.1 Å². The van der Waals surface area contributed by atoms with Gasteiger partial charge in [0.2, 0.25) is 82.7 Å². The van der Waals surface area contributed by atoms with Crippen molar-refractivity contribution in [3.05, 3.63) is 0 Å². The second kappa shape index (κ2) is 62.8. The summed E-state index contributed by atoms with van der Waals surface area (Å²) in [7, 11) is 0. The molecule has 121 heavy (non-hydrogen) atoms. The lowest BCUT2D eigenvalue weighted by atomic mass is 9.99. The number of nitrogens with zero attached hydrogens (tertiary/aromatic N) is 4. The molecular weight excluding hydrogens is 1670 g/mol. The van der Waals surface area contributed by atoms with Crippen LogP contribution in [0, 0.1) is 35.5 Å². The van der Waals surface area contributed by atoms with Crippen molar-refractivity contribution in [3.8, 4) is 0 Å². The number of carbonyl (C=O) groups is 16. The van der Waals surface area contributed by atoms with Crippen LogP contribution in [0.1, 0.15) is 200 Å². The highest BCUT2D eigenvalue weighted by molar-refractivity contribution is 6.01. The van der Waals surface area contributed by atoms with Gasteiger partial charge in [-0.15, -0.1) is 49.6 Å². The molecule has 0 aliphatic heterocycles. The second-order valence-electron chi connectivity index (χ2n) is 31.3. The number of aliphatic carboxylic acids is 2. The fourth-order valence-corrected chi connectivity index (χ4v) is 11.7. The first-order valence-corrected chi connectivity index (χ1v) is 39.3. The largest absolute Gasteiger partial charge is 0.481 e. The lowest BCUT2D eigenvalue weighted by Gasteiger charge is -2.29. The number of halogens is 4. The molecular formula is C73H138Cl4N26O18. The number of rotatable bonds is 58. The minimum Gasteiger partial charge on any atom is -0.481 e. The van der Waals surface area contributed by atoms with E-state index in [1.807, 2.05) is 0 Å². The Balaban J connectivity index is -0.0000112. The molecule has 0 aliphatic rings. The summed E-state index contributed by atoms with van der Waals surface area (Å²) in [6.07, 6.45) is -2.20. The third kappa shape index (κ3) is 53.9. The maximum atomic E-state index is 14.6. The average molecular weight is 1810 g/mol. The van der Waals surface area contributed by atoms with Crippen molar-refractivity contribution in [1.82, 2.24) is 69.1 Å². The highest BCUT2D eigenvalue weighted by atomic mass is 35.5. The minimum atomic E-state index is -1.86. The average Bonchev–Trinajstić information content (AvgIpc) is 0.853. The zero-order valence-electron chi connectivity index (χ0n) is 71.7. The van der Waals surface area contributed by atoms with Crippen molar-refractivity contribution >= 4 is 168 Å². The standard InChI is InChI=1S/C73H134N26O18.4ClH/c1-35(2)27-47(93-60(108)45(21-17-25-85-72(79)80)91-65(113)50(30-38(7)8)97-69(117)54(34-56(103)104)98-66(114)51(31-39(9)10)94-59(107)44(88-42(14)100)20-16-24-84-71(77)78)62(110)87-41(13)58(106)92-48(28-36(3)4)64(112)90-46(22-18-26-86-73(81)82)61(109)95-52(32-40(11)12)67(115)99-53(33-55(101)102)68(116)96-49(29-37(5)6)63(111)89-43(57(74)105)19-15-23-83-70(75)76;;;;/h35-41,43-54H,15-34H2,1-14H3,(H2,74,105)(H,87,110)(H,88,100)(H,89,111)(H,90,112)(H,91,113)(H,92,106)(H,93,108)(H,94,107)(H,95,109)(H,96,116)(H,97,117)(H,98,114)(H,99,115)(H,101,102)(H,103,104)(H4,75,76,83)(H4,77,78,84)(H4,79,80,85)(H4,81,82,86);4*1H/t41-,43-,44-,45-,46-,47-,48-,49-,50-,51-,52-,53-,54-;;;;/m0..../s1. The van der Waals surface area contributed by atoms with Gasteiger partial charge in [-0.1, -0.05) is 83.1 Å². The lowest BCUT2D eigenvalue weighted by Crippen LogP contribution is -2.61. The number of nitrogens with one attached hydrogen (secondary N) is 13. The first-order chi connectivity index (χ1) is 54.4. The van der Waals surface area contributed by atoms with E-state index < -0.39 is 186 Å². The quantitative estimate of drug-likeness (QED) is 0.0157. The van der Waals surface area contributed by atoms with Crippen LogP contribution in [0.4, 0.5) is 0 Å². The van der Waals surface area contributed by atoms with Crippen LogP contribution in [-0.2, 0) is 76.7 Å². The highest BCUT2D eigenvalue weighted by Crippen LogP contribution is 2.16. The molecule has 14 amide bonds. The third-order valence-electron chi connectivity index (χ3n) is 17.2. The van der Waals surface area contributed by atoms with Gasteiger partial charge in [0.25, 0.3) is 0 Å². The number of aliphatic imine (C=N–C) groups is 4. The van der Waals surface area contributed by atoms with E-state index >= 15 is 0 Å². The van der Waals surface area contributed by atoms with Gasteiger partial charge >= 0.3 is 11.9 Å². The Labute approximate surface area is 732 Å². The molecule has 33 N–H and O–H groups in total. The number of hydrogen-bond donors (Lipinski definition) is 24. The molecule has 0 aromatic carbocycles. The molecule has 0 saturated carbocycles. The molecule has 0 fully saturated rings. The molecule has 696 valence electrons.